The summed E-state index contributed by atoms with van der Waals surface area (Å²) >= 11 is 5.81. The highest BCUT2D eigenvalue weighted by molar-refractivity contribution is 7.80. The van der Waals surface area contributed by atoms with Gasteiger partial charge in [-0.05, 0) is 72.7 Å². The summed E-state index contributed by atoms with van der Waals surface area (Å²) in [6.45, 7) is 2.48. The van der Waals surface area contributed by atoms with Crippen LogP contribution in [0, 0.1) is 0 Å². The first-order valence-electron chi connectivity index (χ1n) is 13.2. The minimum atomic E-state index is -0.400. The summed E-state index contributed by atoms with van der Waals surface area (Å²) in [7, 11) is 1.37. The molecule has 2 atom stereocenters. The third-order valence-corrected chi connectivity index (χ3v) is 7.43. The summed E-state index contributed by atoms with van der Waals surface area (Å²) in [5, 5.41) is 7.06. The van der Waals surface area contributed by atoms with Crippen LogP contribution in [-0.4, -0.2) is 45.1 Å². The molecule has 8 nitrogen and oxygen atoms in total. The van der Waals surface area contributed by atoms with E-state index in [1.54, 1.807) is 18.3 Å². The van der Waals surface area contributed by atoms with Crippen molar-refractivity contribution >= 4 is 34.9 Å². The standard InChI is InChI=1S/C31H31N5O3S/c1-3-21-10-4-5-13-24(21)33-27(37)16-19-36-29(28(34-31(36)40)25-14-6-7-17-32-25)26-15-9-18-35(26)23-12-8-11-22(20-23)30(38)39-2/h4-15,17-18,20,28-29H,3,16,19H2,1-2H3,(H,33,37)(H,34,40). The largest absolute Gasteiger partial charge is 0.465 e. The zero-order valence-electron chi connectivity index (χ0n) is 22.4. The smallest absolute Gasteiger partial charge is 0.337 e. The molecule has 0 radical (unpaired) electrons. The predicted octanol–water partition coefficient (Wildman–Crippen LogP) is 5.22. The lowest BCUT2D eigenvalue weighted by Crippen LogP contribution is -2.33. The van der Waals surface area contributed by atoms with Crippen molar-refractivity contribution in [1.82, 2.24) is 19.8 Å². The molecule has 2 unspecified atom stereocenters. The zero-order chi connectivity index (χ0) is 28.1. The van der Waals surface area contributed by atoms with Gasteiger partial charge < -0.3 is 24.8 Å². The van der Waals surface area contributed by atoms with E-state index >= 15 is 0 Å². The van der Waals surface area contributed by atoms with E-state index in [9.17, 15) is 9.59 Å². The number of amides is 1. The fourth-order valence-corrected chi connectivity index (χ4v) is 5.46. The second-order valence-electron chi connectivity index (χ2n) is 9.47. The van der Waals surface area contributed by atoms with E-state index in [0.717, 1.165) is 34.7 Å². The van der Waals surface area contributed by atoms with E-state index in [0.29, 0.717) is 17.2 Å². The molecule has 1 fully saturated rings. The van der Waals surface area contributed by atoms with Gasteiger partial charge in [0.25, 0.3) is 0 Å². The van der Waals surface area contributed by atoms with Gasteiger partial charge >= 0.3 is 5.97 Å². The Morgan fingerprint density at radius 3 is 2.65 bits per heavy atom. The second kappa shape index (κ2) is 12.1. The van der Waals surface area contributed by atoms with Crippen molar-refractivity contribution in [2.24, 2.45) is 0 Å². The van der Waals surface area contributed by atoms with Crippen molar-refractivity contribution in [3.05, 3.63) is 114 Å². The highest BCUT2D eigenvalue weighted by atomic mass is 32.1. The number of nitrogens with one attached hydrogen (secondary N) is 2. The fourth-order valence-electron chi connectivity index (χ4n) is 5.12. The second-order valence-corrected chi connectivity index (χ2v) is 9.86. The van der Waals surface area contributed by atoms with Crippen molar-refractivity contribution in [2.75, 3.05) is 19.0 Å². The Kier molecular flexibility index (Phi) is 8.21. The van der Waals surface area contributed by atoms with Crippen LogP contribution in [0.5, 0.6) is 0 Å². The average Bonchev–Trinajstić information content (AvgIpc) is 3.60. The number of nitrogens with zero attached hydrogens (tertiary/aromatic N) is 3. The summed E-state index contributed by atoms with van der Waals surface area (Å²) in [5.74, 6) is -0.479. The molecular weight excluding hydrogens is 522 g/mol. The lowest BCUT2D eigenvalue weighted by molar-refractivity contribution is -0.116. The van der Waals surface area contributed by atoms with Crippen LogP contribution in [0.1, 0.15) is 52.7 Å². The van der Waals surface area contributed by atoms with Gasteiger partial charge in [-0.1, -0.05) is 37.3 Å². The number of anilines is 1. The Balaban J connectivity index is 1.46. The van der Waals surface area contributed by atoms with Crippen molar-refractivity contribution < 1.29 is 14.3 Å². The van der Waals surface area contributed by atoms with Gasteiger partial charge in [0.15, 0.2) is 5.11 Å². The number of hydrogen-bond acceptors (Lipinski definition) is 5. The van der Waals surface area contributed by atoms with E-state index in [1.807, 2.05) is 77.5 Å². The van der Waals surface area contributed by atoms with Crippen LogP contribution < -0.4 is 10.6 Å². The van der Waals surface area contributed by atoms with Gasteiger partial charge in [0.1, 0.15) is 0 Å². The molecule has 1 saturated heterocycles. The molecule has 2 N–H and O–H groups in total. The molecule has 1 aliphatic rings. The van der Waals surface area contributed by atoms with Crippen molar-refractivity contribution in [1.29, 1.82) is 0 Å². The summed E-state index contributed by atoms with van der Waals surface area (Å²) < 4.78 is 6.96. The van der Waals surface area contributed by atoms with Crippen LogP contribution in [0.25, 0.3) is 5.69 Å². The van der Waals surface area contributed by atoms with Crippen LogP contribution in [0.2, 0.25) is 0 Å². The first kappa shape index (κ1) is 27.1. The van der Waals surface area contributed by atoms with E-state index < -0.39 is 5.97 Å². The Hall–Kier alpha value is -4.50. The maximum absolute atomic E-state index is 13.0. The third kappa shape index (κ3) is 5.60. The normalized spacial score (nSPS) is 16.4. The number of methoxy groups -OCH3 is 1. The number of carbonyl (C=O) groups excluding carboxylic acids is 2. The van der Waals surface area contributed by atoms with Crippen molar-refractivity contribution in [3.8, 4) is 5.69 Å². The van der Waals surface area contributed by atoms with Gasteiger partial charge in [0.05, 0.1) is 30.5 Å². The predicted molar refractivity (Wildman–Crippen MR) is 158 cm³/mol. The van der Waals surface area contributed by atoms with Crippen LogP contribution in [0.4, 0.5) is 5.69 Å². The Morgan fingerprint density at radius 2 is 1.88 bits per heavy atom. The topological polar surface area (TPSA) is 88.5 Å². The molecule has 40 heavy (non-hydrogen) atoms. The van der Waals surface area contributed by atoms with Gasteiger partial charge in [-0.3, -0.25) is 9.78 Å². The number of hydrogen-bond donors (Lipinski definition) is 2. The molecule has 0 aliphatic carbocycles. The van der Waals surface area contributed by atoms with Crippen LogP contribution in [0.3, 0.4) is 0 Å². The van der Waals surface area contributed by atoms with Crippen LogP contribution >= 0.6 is 12.2 Å². The number of pyridine rings is 1. The number of carbonyl (C=O) groups is 2. The van der Waals surface area contributed by atoms with E-state index in [2.05, 4.69) is 27.4 Å². The minimum absolute atomic E-state index is 0.0788. The Morgan fingerprint density at radius 1 is 1.05 bits per heavy atom. The molecule has 1 amide bonds. The van der Waals surface area contributed by atoms with E-state index in [1.165, 1.54) is 7.11 Å². The van der Waals surface area contributed by atoms with E-state index in [4.69, 9.17) is 17.0 Å². The molecule has 0 spiro atoms. The Labute approximate surface area is 239 Å². The molecule has 2 aromatic carbocycles. The molecule has 0 bridgehead atoms. The maximum Gasteiger partial charge on any atom is 0.337 e. The van der Waals surface area contributed by atoms with Crippen LogP contribution in [-0.2, 0) is 16.0 Å². The van der Waals surface area contributed by atoms with Gasteiger partial charge in [0.2, 0.25) is 5.91 Å². The molecule has 204 valence electrons. The molecule has 3 heterocycles. The lowest BCUT2D eigenvalue weighted by atomic mass is 10.0. The minimum Gasteiger partial charge on any atom is -0.465 e. The number of rotatable bonds is 9. The first-order chi connectivity index (χ1) is 19.5. The van der Waals surface area contributed by atoms with Crippen molar-refractivity contribution in [2.45, 2.75) is 31.8 Å². The fraction of sp³-hybridized carbons (Fsp3) is 0.226. The summed E-state index contributed by atoms with van der Waals surface area (Å²) in [4.78, 5) is 31.9. The summed E-state index contributed by atoms with van der Waals surface area (Å²) in [6, 6.07) is 24.4. The molecule has 0 saturated carbocycles. The number of ether oxygens (including phenoxy) is 1. The average molecular weight is 554 g/mol. The molecular formula is C31H31N5O3S. The number of aryl methyl sites for hydroxylation is 1. The highest BCUT2D eigenvalue weighted by Gasteiger charge is 2.41. The highest BCUT2D eigenvalue weighted by Crippen LogP contribution is 2.39. The lowest BCUT2D eigenvalue weighted by Gasteiger charge is -2.29. The van der Waals surface area contributed by atoms with E-state index in [-0.39, 0.29) is 24.4 Å². The molecule has 1 aliphatic heterocycles. The third-order valence-electron chi connectivity index (χ3n) is 7.08. The zero-order valence-corrected chi connectivity index (χ0v) is 23.2. The maximum atomic E-state index is 13.0. The number of para-hydroxylation sites is 1. The van der Waals surface area contributed by atoms with Crippen LogP contribution in [0.15, 0.2) is 91.3 Å². The van der Waals surface area contributed by atoms with Gasteiger partial charge in [-0.2, -0.15) is 0 Å². The molecule has 2 aromatic heterocycles. The number of benzene rings is 2. The van der Waals surface area contributed by atoms with Gasteiger partial charge in [-0.15, -0.1) is 0 Å². The Bertz CT molecular complexity index is 1520. The van der Waals surface area contributed by atoms with Gasteiger partial charge in [-0.25, -0.2) is 4.79 Å². The number of esters is 1. The monoisotopic (exact) mass is 553 g/mol. The van der Waals surface area contributed by atoms with Gasteiger partial charge in [0, 0.05) is 42.4 Å². The molecule has 9 heteroatoms. The number of aromatic nitrogens is 2. The summed E-state index contributed by atoms with van der Waals surface area (Å²) in [6.07, 6.45) is 4.80. The summed E-state index contributed by atoms with van der Waals surface area (Å²) in [5.41, 5.74) is 4.99. The van der Waals surface area contributed by atoms with Crippen molar-refractivity contribution in [3.63, 3.8) is 0 Å². The number of thiocarbonyl (C=S) groups is 1. The molecule has 5 rings (SSSR count). The first-order valence-corrected chi connectivity index (χ1v) is 13.6. The SMILES string of the molecule is CCc1ccccc1NC(=O)CCN1C(=S)NC(c2ccccn2)C1c1cccn1-c1cccc(C(=O)OC)c1. The quantitative estimate of drug-likeness (QED) is 0.217. The molecule has 4 aromatic rings.